The first kappa shape index (κ1) is 13.8. The molecule has 0 saturated carbocycles. The average Bonchev–Trinajstić information content (AvgIpc) is 2.05. The third-order valence-corrected chi connectivity index (χ3v) is 1.37. The molecule has 0 aliphatic carbocycles. The normalized spacial score (nSPS) is 10.7. The van der Waals surface area contributed by atoms with Gasteiger partial charge in [-0.05, 0) is 12.1 Å². The van der Waals surface area contributed by atoms with Gasteiger partial charge in [0.05, 0.1) is 5.69 Å². The molecule has 0 aliphatic rings. The van der Waals surface area contributed by atoms with Gasteiger partial charge in [-0.15, -0.1) is 12.4 Å². The number of nitrogen functional groups attached to an aromatic ring is 1. The number of hydrogen-bond acceptors (Lipinski definition) is 2. The second-order valence-electron chi connectivity index (χ2n) is 2.59. The summed E-state index contributed by atoms with van der Waals surface area (Å²) >= 11 is 0. The van der Waals surface area contributed by atoms with E-state index in [0.29, 0.717) is 0 Å². The van der Waals surface area contributed by atoms with Gasteiger partial charge in [0.25, 0.3) is 0 Å². The number of halogens is 5. The largest absolute Gasteiger partial charge is 0.482 e. The number of alkyl halides is 3. The van der Waals surface area contributed by atoms with Crippen molar-refractivity contribution in [2.24, 2.45) is 0 Å². The maximum absolute atomic E-state index is 12.6. The van der Waals surface area contributed by atoms with Crippen LogP contribution in [0.2, 0.25) is 0 Å². The maximum atomic E-state index is 12.6. The quantitative estimate of drug-likeness (QED) is 0.642. The van der Waals surface area contributed by atoms with Crippen LogP contribution in [0.15, 0.2) is 18.2 Å². The predicted molar refractivity (Wildman–Crippen MR) is 49.6 cm³/mol. The molecule has 0 unspecified atom stereocenters. The summed E-state index contributed by atoms with van der Waals surface area (Å²) in [6.45, 7) is -1.49. The summed E-state index contributed by atoms with van der Waals surface area (Å²) in [5.41, 5.74) is 5.23. The lowest BCUT2D eigenvalue weighted by Gasteiger charge is -2.10. The molecule has 2 N–H and O–H groups in total. The monoisotopic (exact) mass is 245 g/mol. The molecule has 1 rings (SSSR count). The zero-order valence-electron chi connectivity index (χ0n) is 7.34. The lowest BCUT2D eigenvalue weighted by atomic mass is 10.3. The molecule has 0 heterocycles. The molecule has 0 atom stereocenters. The standard InChI is InChI=1S/C8H7F4NO.ClH/c9-5-1-2-6(13)7(3-5)14-4-8(10,11)12;/h1-3H,4,13H2;1H. The number of benzene rings is 1. The van der Waals surface area contributed by atoms with Gasteiger partial charge in [-0.1, -0.05) is 0 Å². The summed E-state index contributed by atoms with van der Waals surface area (Å²) in [6, 6.07) is 2.98. The summed E-state index contributed by atoms with van der Waals surface area (Å²) in [7, 11) is 0. The minimum Gasteiger partial charge on any atom is -0.482 e. The van der Waals surface area contributed by atoms with Crippen molar-refractivity contribution in [3.05, 3.63) is 24.0 Å². The van der Waals surface area contributed by atoms with E-state index in [1.807, 2.05) is 0 Å². The van der Waals surface area contributed by atoms with E-state index in [1.165, 1.54) is 0 Å². The minimum absolute atomic E-state index is 0. The fourth-order valence-corrected chi connectivity index (χ4v) is 0.793. The third kappa shape index (κ3) is 4.73. The fourth-order valence-electron chi connectivity index (χ4n) is 0.793. The van der Waals surface area contributed by atoms with E-state index in [9.17, 15) is 17.6 Å². The van der Waals surface area contributed by atoms with Crippen molar-refractivity contribution in [2.75, 3.05) is 12.3 Å². The molecule has 0 fully saturated rings. The minimum atomic E-state index is -4.46. The van der Waals surface area contributed by atoms with Crippen LogP contribution in [0.5, 0.6) is 5.75 Å². The molecule has 7 heteroatoms. The Hall–Kier alpha value is -1.17. The van der Waals surface area contributed by atoms with Crippen molar-refractivity contribution in [3.63, 3.8) is 0 Å². The van der Waals surface area contributed by atoms with E-state index in [2.05, 4.69) is 4.74 Å². The Kier molecular flexibility index (Phi) is 4.67. The molecule has 0 amide bonds. The van der Waals surface area contributed by atoms with Crippen LogP contribution >= 0.6 is 12.4 Å². The first-order valence-electron chi connectivity index (χ1n) is 3.63. The highest BCUT2D eigenvalue weighted by Crippen LogP contribution is 2.24. The Morgan fingerprint density at radius 3 is 2.40 bits per heavy atom. The number of anilines is 1. The Morgan fingerprint density at radius 1 is 1.27 bits per heavy atom. The number of nitrogens with two attached hydrogens (primary N) is 1. The van der Waals surface area contributed by atoms with E-state index < -0.39 is 18.6 Å². The smallest absolute Gasteiger partial charge is 0.422 e. The third-order valence-electron chi connectivity index (χ3n) is 1.37. The SMILES string of the molecule is Cl.Nc1ccc(F)cc1OCC(F)(F)F. The van der Waals surface area contributed by atoms with Crippen LogP contribution in [-0.4, -0.2) is 12.8 Å². The second-order valence-corrected chi connectivity index (χ2v) is 2.59. The van der Waals surface area contributed by atoms with Crippen molar-refractivity contribution in [2.45, 2.75) is 6.18 Å². The number of hydrogen-bond donors (Lipinski definition) is 1. The first-order valence-corrected chi connectivity index (χ1v) is 3.63. The summed E-state index contributed by atoms with van der Waals surface area (Å²) in [5, 5.41) is 0. The van der Waals surface area contributed by atoms with E-state index in [1.54, 1.807) is 0 Å². The zero-order valence-corrected chi connectivity index (χ0v) is 8.16. The summed E-state index contributed by atoms with van der Waals surface area (Å²) in [6.07, 6.45) is -4.46. The van der Waals surface area contributed by atoms with E-state index in [-0.39, 0.29) is 23.8 Å². The summed E-state index contributed by atoms with van der Waals surface area (Å²) in [4.78, 5) is 0. The highest BCUT2D eigenvalue weighted by atomic mass is 35.5. The molecule has 0 spiro atoms. The molecule has 15 heavy (non-hydrogen) atoms. The van der Waals surface area contributed by atoms with Gasteiger partial charge in [-0.3, -0.25) is 0 Å². The van der Waals surface area contributed by atoms with Gasteiger partial charge in [0.15, 0.2) is 6.61 Å². The van der Waals surface area contributed by atoms with Crippen LogP contribution in [-0.2, 0) is 0 Å². The van der Waals surface area contributed by atoms with Crippen molar-refractivity contribution < 1.29 is 22.3 Å². The van der Waals surface area contributed by atoms with Gasteiger partial charge in [0.2, 0.25) is 0 Å². The lowest BCUT2D eigenvalue weighted by Crippen LogP contribution is -2.19. The Morgan fingerprint density at radius 2 is 1.87 bits per heavy atom. The van der Waals surface area contributed by atoms with Crippen LogP contribution in [0.25, 0.3) is 0 Å². The van der Waals surface area contributed by atoms with E-state index in [0.717, 1.165) is 18.2 Å². The van der Waals surface area contributed by atoms with Crippen LogP contribution in [0.1, 0.15) is 0 Å². The Labute approximate surface area is 89.4 Å². The molecule has 1 aromatic rings. The molecule has 0 bridgehead atoms. The van der Waals surface area contributed by atoms with Crippen molar-refractivity contribution in [1.82, 2.24) is 0 Å². The average molecular weight is 246 g/mol. The lowest BCUT2D eigenvalue weighted by molar-refractivity contribution is -0.153. The molecule has 0 aliphatic heterocycles. The molecule has 1 aromatic carbocycles. The van der Waals surface area contributed by atoms with Gasteiger partial charge in [0, 0.05) is 6.07 Å². The molecule has 0 radical (unpaired) electrons. The molecular formula is C8H8ClF4NO. The topological polar surface area (TPSA) is 35.2 Å². The van der Waals surface area contributed by atoms with Gasteiger partial charge in [-0.25, -0.2) is 4.39 Å². The first-order chi connectivity index (χ1) is 6.38. The molecule has 0 aromatic heterocycles. The van der Waals surface area contributed by atoms with Crippen molar-refractivity contribution in [3.8, 4) is 5.75 Å². The van der Waals surface area contributed by atoms with Crippen molar-refractivity contribution in [1.29, 1.82) is 0 Å². The number of ether oxygens (including phenoxy) is 1. The van der Waals surface area contributed by atoms with Gasteiger partial charge in [0.1, 0.15) is 11.6 Å². The van der Waals surface area contributed by atoms with Crippen LogP contribution in [0.3, 0.4) is 0 Å². The Balaban J connectivity index is 0.00000196. The maximum Gasteiger partial charge on any atom is 0.422 e. The molecule has 0 saturated heterocycles. The summed E-state index contributed by atoms with van der Waals surface area (Å²) in [5.74, 6) is -1.00. The molecule has 86 valence electrons. The van der Waals surface area contributed by atoms with Gasteiger partial charge >= 0.3 is 6.18 Å². The second kappa shape index (κ2) is 5.06. The van der Waals surface area contributed by atoms with Gasteiger partial charge < -0.3 is 10.5 Å². The van der Waals surface area contributed by atoms with Crippen LogP contribution in [0.4, 0.5) is 23.2 Å². The van der Waals surface area contributed by atoms with Crippen LogP contribution in [0, 0.1) is 5.82 Å². The molecule has 2 nitrogen and oxygen atoms in total. The highest BCUT2D eigenvalue weighted by molar-refractivity contribution is 5.85. The zero-order chi connectivity index (χ0) is 10.8. The molecular weight excluding hydrogens is 238 g/mol. The Bertz CT molecular complexity index is 329. The fraction of sp³-hybridized carbons (Fsp3) is 0.250. The number of rotatable bonds is 2. The summed E-state index contributed by atoms with van der Waals surface area (Å²) < 4.78 is 52.0. The highest BCUT2D eigenvalue weighted by Gasteiger charge is 2.28. The van der Waals surface area contributed by atoms with E-state index in [4.69, 9.17) is 5.73 Å². The van der Waals surface area contributed by atoms with Crippen molar-refractivity contribution >= 4 is 18.1 Å². The van der Waals surface area contributed by atoms with E-state index >= 15 is 0 Å². The predicted octanol–water partition coefficient (Wildman–Crippen LogP) is 2.77. The van der Waals surface area contributed by atoms with Crippen LogP contribution < -0.4 is 10.5 Å². The van der Waals surface area contributed by atoms with Gasteiger partial charge in [-0.2, -0.15) is 13.2 Å².